The Morgan fingerprint density at radius 2 is 2.22 bits per heavy atom. The van der Waals surface area contributed by atoms with E-state index >= 15 is 0 Å². The molecule has 0 aliphatic rings. The zero-order chi connectivity index (χ0) is 13.0. The predicted octanol–water partition coefficient (Wildman–Crippen LogP) is 1.68. The lowest BCUT2D eigenvalue weighted by atomic mass is 10.3. The highest BCUT2D eigenvalue weighted by atomic mass is 16.5. The fourth-order valence-electron chi connectivity index (χ4n) is 1.75. The second-order valence-electron chi connectivity index (χ2n) is 4.02. The normalized spacial score (nSPS) is 10.6. The standard InChI is InChI=1S/C13H17N3O2/c1-3-16-9-14-6-11(16)8-18-13-5-4-10(2)15-12(13)7-17/h4-6,9,17H,3,7-8H2,1-2H3. The maximum atomic E-state index is 9.24. The molecule has 2 rings (SSSR count). The first-order valence-electron chi connectivity index (χ1n) is 5.93. The molecule has 5 nitrogen and oxygen atoms in total. The lowest BCUT2D eigenvalue weighted by molar-refractivity contribution is 0.250. The number of rotatable bonds is 5. The van der Waals surface area contributed by atoms with Crippen LogP contribution in [0.4, 0.5) is 0 Å². The SMILES string of the molecule is CCn1cncc1COc1ccc(C)nc1CO. The molecule has 96 valence electrons. The Kier molecular flexibility index (Phi) is 3.94. The minimum atomic E-state index is -0.121. The van der Waals surface area contributed by atoms with Crippen molar-refractivity contribution >= 4 is 0 Å². The van der Waals surface area contributed by atoms with Crippen LogP contribution in [0.25, 0.3) is 0 Å². The molecule has 0 bridgehead atoms. The summed E-state index contributed by atoms with van der Waals surface area (Å²) >= 11 is 0. The minimum absolute atomic E-state index is 0.121. The van der Waals surface area contributed by atoms with Crippen molar-refractivity contribution in [1.82, 2.24) is 14.5 Å². The smallest absolute Gasteiger partial charge is 0.143 e. The first-order valence-corrected chi connectivity index (χ1v) is 5.93. The summed E-state index contributed by atoms with van der Waals surface area (Å²) in [5.74, 6) is 0.618. The van der Waals surface area contributed by atoms with Gasteiger partial charge in [0.25, 0.3) is 0 Å². The van der Waals surface area contributed by atoms with Crippen molar-refractivity contribution in [2.45, 2.75) is 33.6 Å². The Labute approximate surface area is 106 Å². The van der Waals surface area contributed by atoms with Gasteiger partial charge in [-0.1, -0.05) is 0 Å². The molecule has 0 aliphatic carbocycles. The molecule has 0 amide bonds. The number of aryl methyl sites for hydroxylation is 2. The van der Waals surface area contributed by atoms with Crippen LogP contribution in [0.3, 0.4) is 0 Å². The van der Waals surface area contributed by atoms with Crippen molar-refractivity contribution in [3.05, 3.63) is 41.7 Å². The zero-order valence-electron chi connectivity index (χ0n) is 10.6. The second kappa shape index (κ2) is 5.64. The summed E-state index contributed by atoms with van der Waals surface area (Å²) in [5, 5.41) is 9.24. The molecule has 2 heterocycles. The number of aromatic nitrogens is 3. The molecule has 0 saturated carbocycles. The molecule has 0 aromatic carbocycles. The first-order chi connectivity index (χ1) is 8.74. The Morgan fingerprint density at radius 3 is 2.94 bits per heavy atom. The van der Waals surface area contributed by atoms with Crippen molar-refractivity contribution in [2.75, 3.05) is 0 Å². The summed E-state index contributed by atoms with van der Waals surface area (Å²) in [6.45, 7) is 5.10. The van der Waals surface area contributed by atoms with Crippen LogP contribution in [0.5, 0.6) is 5.75 Å². The largest absolute Gasteiger partial charge is 0.485 e. The van der Waals surface area contributed by atoms with E-state index in [2.05, 4.69) is 16.9 Å². The Bertz CT molecular complexity index is 523. The summed E-state index contributed by atoms with van der Waals surface area (Å²) in [6, 6.07) is 3.70. The monoisotopic (exact) mass is 247 g/mol. The molecule has 18 heavy (non-hydrogen) atoms. The highest BCUT2D eigenvalue weighted by molar-refractivity contribution is 5.28. The lowest BCUT2D eigenvalue weighted by Crippen LogP contribution is -2.06. The number of ether oxygens (including phenoxy) is 1. The number of hydrogen-bond donors (Lipinski definition) is 1. The fourth-order valence-corrected chi connectivity index (χ4v) is 1.75. The molecule has 1 N–H and O–H groups in total. The molecule has 2 aromatic heterocycles. The van der Waals surface area contributed by atoms with Gasteiger partial charge in [-0.15, -0.1) is 0 Å². The van der Waals surface area contributed by atoms with Crippen molar-refractivity contribution in [2.24, 2.45) is 0 Å². The maximum absolute atomic E-state index is 9.24. The lowest BCUT2D eigenvalue weighted by Gasteiger charge is -2.11. The van der Waals surface area contributed by atoms with Crippen LogP contribution < -0.4 is 4.74 Å². The molecule has 0 atom stereocenters. The third-order valence-corrected chi connectivity index (χ3v) is 2.74. The van der Waals surface area contributed by atoms with Crippen LogP contribution >= 0.6 is 0 Å². The summed E-state index contributed by atoms with van der Waals surface area (Å²) in [5.41, 5.74) is 2.43. The van der Waals surface area contributed by atoms with E-state index in [1.165, 1.54) is 0 Å². The fraction of sp³-hybridized carbons (Fsp3) is 0.385. The Morgan fingerprint density at radius 1 is 1.39 bits per heavy atom. The van der Waals surface area contributed by atoms with Gasteiger partial charge in [0.2, 0.25) is 0 Å². The average Bonchev–Trinajstić information content (AvgIpc) is 2.84. The Balaban J connectivity index is 2.10. The number of nitrogens with zero attached hydrogens (tertiary/aromatic N) is 3. The van der Waals surface area contributed by atoms with Crippen molar-refractivity contribution in [3.8, 4) is 5.75 Å². The van der Waals surface area contributed by atoms with Crippen LogP contribution in [0.1, 0.15) is 24.0 Å². The predicted molar refractivity (Wildman–Crippen MR) is 67.1 cm³/mol. The summed E-state index contributed by atoms with van der Waals surface area (Å²) in [4.78, 5) is 8.32. The zero-order valence-corrected chi connectivity index (χ0v) is 10.6. The van der Waals surface area contributed by atoms with Gasteiger partial charge in [-0.05, 0) is 26.0 Å². The number of pyridine rings is 1. The molecule has 0 radical (unpaired) electrons. The molecule has 0 aliphatic heterocycles. The average molecular weight is 247 g/mol. The van der Waals surface area contributed by atoms with Gasteiger partial charge in [-0.2, -0.15) is 0 Å². The summed E-state index contributed by atoms with van der Waals surface area (Å²) in [6.07, 6.45) is 3.56. The van der Waals surface area contributed by atoms with Gasteiger partial charge in [0.05, 0.1) is 24.8 Å². The van der Waals surface area contributed by atoms with Crippen LogP contribution in [-0.2, 0) is 19.8 Å². The van der Waals surface area contributed by atoms with Crippen LogP contribution in [-0.4, -0.2) is 19.6 Å². The van der Waals surface area contributed by atoms with E-state index in [0.29, 0.717) is 18.1 Å². The third kappa shape index (κ3) is 2.68. The number of hydrogen-bond acceptors (Lipinski definition) is 4. The highest BCUT2D eigenvalue weighted by Crippen LogP contribution is 2.18. The second-order valence-corrected chi connectivity index (χ2v) is 4.02. The summed E-state index contributed by atoms with van der Waals surface area (Å²) in [7, 11) is 0. The van der Waals surface area contributed by atoms with Crippen molar-refractivity contribution in [3.63, 3.8) is 0 Å². The van der Waals surface area contributed by atoms with Gasteiger partial charge in [-0.3, -0.25) is 4.98 Å². The van der Waals surface area contributed by atoms with Gasteiger partial charge < -0.3 is 14.4 Å². The van der Waals surface area contributed by atoms with Crippen LogP contribution in [0.15, 0.2) is 24.7 Å². The maximum Gasteiger partial charge on any atom is 0.143 e. The van der Waals surface area contributed by atoms with Crippen molar-refractivity contribution in [1.29, 1.82) is 0 Å². The topological polar surface area (TPSA) is 60.2 Å². The molecular formula is C13H17N3O2. The van der Waals surface area contributed by atoms with E-state index < -0.39 is 0 Å². The third-order valence-electron chi connectivity index (χ3n) is 2.74. The van der Waals surface area contributed by atoms with E-state index in [0.717, 1.165) is 17.9 Å². The van der Waals surface area contributed by atoms with Crippen LogP contribution in [0, 0.1) is 6.92 Å². The number of aliphatic hydroxyl groups is 1. The minimum Gasteiger partial charge on any atom is -0.485 e. The molecule has 2 aromatic rings. The summed E-state index contributed by atoms with van der Waals surface area (Å²) < 4.78 is 7.70. The van der Waals surface area contributed by atoms with Gasteiger partial charge in [0, 0.05) is 12.2 Å². The van der Waals surface area contributed by atoms with Gasteiger partial charge in [-0.25, -0.2) is 4.98 Å². The Hall–Kier alpha value is -1.88. The van der Waals surface area contributed by atoms with E-state index in [4.69, 9.17) is 4.74 Å². The van der Waals surface area contributed by atoms with Gasteiger partial charge in [0.15, 0.2) is 0 Å². The van der Waals surface area contributed by atoms with E-state index in [-0.39, 0.29) is 6.61 Å². The van der Waals surface area contributed by atoms with Gasteiger partial charge in [0.1, 0.15) is 18.1 Å². The molecule has 0 spiro atoms. The molecular weight excluding hydrogens is 230 g/mol. The molecule has 0 unspecified atom stereocenters. The van der Waals surface area contributed by atoms with E-state index in [1.807, 2.05) is 23.6 Å². The quantitative estimate of drug-likeness (QED) is 0.873. The van der Waals surface area contributed by atoms with E-state index in [1.54, 1.807) is 12.5 Å². The van der Waals surface area contributed by atoms with Gasteiger partial charge >= 0.3 is 0 Å². The molecule has 0 fully saturated rings. The molecule has 5 heteroatoms. The number of imidazole rings is 1. The van der Waals surface area contributed by atoms with Crippen LogP contribution in [0.2, 0.25) is 0 Å². The highest BCUT2D eigenvalue weighted by Gasteiger charge is 2.07. The van der Waals surface area contributed by atoms with Crippen molar-refractivity contribution < 1.29 is 9.84 Å². The molecule has 0 saturated heterocycles. The first kappa shape index (κ1) is 12.6. The van der Waals surface area contributed by atoms with E-state index in [9.17, 15) is 5.11 Å². The number of aliphatic hydroxyl groups excluding tert-OH is 1.